The molecule has 0 aliphatic carbocycles. The summed E-state index contributed by atoms with van der Waals surface area (Å²) in [6.45, 7) is 5.02. The number of rotatable bonds is 12. The minimum Gasteiger partial charge on any atom is -0.492 e. The van der Waals surface area contributed by atoms with Gasteiger partial charge < -0.3 is 15.0 Å². The van der Waals surface area contributed by atoms with Gasteiger partial charge in [0.1, 0.15) is 24.2 Å². The van der Waals surface area contributed by atoms with E-state index in [-0.39, 0.29) is 29.5 Å². The number of nitrogens with zero attached hydrogens (tertiary/aromatic N) is 2. The Labute approximate surface area is 233 Å². The van der Waals surface area contributed by atoms with E-state index in [1.54, 1.807) is 45.0 Å². The minimum absolute atomic E-state index is 0.0423. The van der Waals surface area contributed by atoms with Crippen molar-refractivity contribution in [3.63, 3.8) is 0 Å². The van der Waals surface area contributed by atoms with E-state index in [2.05, 4.69) is 5.32 Å². The second-order valence-corrected chi connectivity index (χ2v) is 10.9. The molecule has 1 unspecified atom stereocenters. The Bertz CT molecular complexity index is 1390. The van der Waals surface area contributed by atoms with Gasteiger partial charge in [-0.15, -0.1) is 0 Å². The SMILES string of the molecule is CCNC(=O)C(C)N(Cc1ccc(F)cc1)C(=O)CN(c1ccccc1OCC)S(=O)(=O)c1ccc(Cl)cc1. The van der Waals surface area contributed by atoms with Gasteiger partial charge in [-0.3, -0.25) is 13.9 Å². The number of likely N-dealkylation sites (N-methyl/N-ethyl adjacent to an activating group) is 1. The third-order valence-corrected chi connectivity index (χ3v) is 7.92. The number of nitrogens with one attached hydrogen (secondary N) is 1. The lowest BCUT2D eigenvalue weighted by Crippen LogP contribution is -2.51. The molecule has 0 saturated carbocycles. The quantitative estimate of drug-likeness (QED) is 0.340. The molecule has 0 saturated heterocycles. The Balaban J connectivity index is 2.07. The van der Waals surface area contributed by atoms with Gasteiger partial charge in [0.25, 0.3) is 10.0 Å². The first-order valence-corrected chi connectivity index (χ1v) is 14.2. The van der Waals surface area contributed by atoms with Crippen LogP contribution in [-0.4, -0.2) is 50.9 Å². The predicted molar refractivity (Wildman–Crippen MR) is 149 cm³/mol. The standard InChI is InChI=1S/C28H31ClFN3O5S/c1-4-31-28(35)20(3)32(18-21-10-14-23(30)15-11-21)27(34)19-33(25-8-6-7-9-26(25)38-5-2)39(36,37)24-16-12-22(29)13-17-24/h6-17,20H,4-5,18-19H2,1-3H3,(H,31,35). The number of benzene rings is 3. The molecule has 0 aromatic heterocycles. The van der Waals surface area contributed by atoms with Crippen molar-refractivity contribution in [1.82, 2.24) is 10.2 Å². The normalized spacial score (nSPS) is 11.9. The van der Waals surface area contributed by atoms with E-state index in [0.717, 1.165) is 4.31 Å². The van der Waals surface area contributed by atoms with Crippen LogP contribution in [0.2, 0.25) is 5.02 Å². The van der Waals surface area contributed by atoms with Crippen LogP contribution in [0.5, 0.6) is 5.75 Å². The maximum atomic E-state index is 13.9. The molecule has 3 aromatic rings. The number of anilines is 1. The molecule has 0 aliphatic rings. The van der Waals surface area contributed by atoms with Crippen molar-refractivity contribution in [3.05, 3.63) is 89.2 Å². The van der Waals surface area contributed by atoms with E-state index in [4.69, 9.17) is 16.3 Å². The molecule has 39 heavy (non-hydrogen) atoms. The number of amides is 2. The predicted octanol–water partition coefficient (Wildman–Crippen LogP) is 4.63. The van der Waals surface area contributed by atoms with Gasteiger partial charge in [0, 0.05) is 18.1 Å². The van der Waals surface area contributed by atoms with E-state index in [0.29, 0.717) is 17.1 Å². The van der Waals surface area contributed by atoms with Gasteiger partial charge in [-0.1, -0.05) is 35.9 Å². The Morgan fingerprint density at radius 2 is 1.64 bits per heavy atom. The molecule has 11 heteroatoms. The van der Waals surface area contributed by atoms with Crippen LogP contribution in [0.1, 0.15) is 26.3 Å². The number of hydrogen-bond acceptors (Lipinski definition) is 5. The topological polar surface area (TPSA) is 96.0 Å². The van der Waals surface area contributed by atoms with Crippen molar-refractivity contribution in [2.75, 3.05) is 24.0 Å². The number of carbonyl (C=O) groups is 2. The van der Waals surface area contributed by atoms with Crippen LogP contribution >= 0.6 is 11.6 Å². The van der Waals surface area contributed by atoms with Crippen LogP contribution in [-0.2, 0) is 26.2 Å². The smallest absolute Gasteiger partial charge is 0.264 e. The zero-order chi connectivity index (χ0) is 28.6. The molecule has 0 aliphatic heterocycles. The third-order valence-electron chi connectivity index (χ3n) is 5.90. The van der Waals surface area contributed by atoms with Crippen molar-refractivity contribution in [2.45, 2.75) is 38.3 Å². The number of halogens is 2. The Morgan fingerprint density at radius 3 is 2.26 bits per heavy atom. The number of hydrogen-bond donors (Lipinski definition) is 1. The number of sulfonamides is 1. The highest BCUT2D eigenvalue weighted by atomic mass is 35.5. The van der Waals surface area contributed by atoms with E-state index in [1.807, 2.05) is 0 Å². The highest BCUT2D eigenvalue weighted by Crippen LogP contribution is 2.33. The summed E-state index contributed by atoms with van der Waals surface area (Å²) in [6.07, 6.45) is 0. The first-order valence-electron chi connectivity index (χ1n) is 12.4. The maximum absolute atomic E-state index is 13.9. The highest BCUT2D eigenvalue weighted by molar-refractivity contribution is 7.92. The Morgan fingerprint density at radius 1 is 1.00 bits per heavy atom. The fraction of sp³-hybridized carbons (Fsp3) is 0.286. The molecule has 0 fully saturated rings. The molecule has 3 aromatic carbocycles. The minimum atomic E-state index is -4.28. The first kappa shape index (κ1) is 29.9. The second kappa shape index (κ2) is 13.4. The van der Waals surface area contributed by atoms with Crippen LogP contribution in [0.4, 0.5) is 10.1 Å². The summed E-state index contributed by atoms with van der Waals surface area (Å²) in [6, 6.07) is 16.7. The zero-order valence-electron chi connectivity index (χ0n) is 21.9. The summed E-state index contributed by atoms with van der Waals surface area (Å²) >= 11 is 5.98. The van der Waals surface area contributed by atoms with E-state index >= 15 is 0 Å². The number of carbonyl (C=O) groups excluding carboxylic acids is 2. The molecule has 0 heterocycles. The van der Waals surface area contributed by atoms with Crippen LogP contribution in [0.15, 0.2) is 77.7 Å². The fourth-order valence-corrected chi connectivity index (χ4v) is 5.43. The summed E-state index contributed by atoms with van der Waals surface area (Å²) in [5.41, 5.74) is 0.734. The summed E-state index contributed by atoms with van der Waals surface area (Å²) in [4.78, 5) is 27.8. The lowest BCUT2D eigenvalue weighted by atomic mass is 10.1. The summed E-state index contributed by atoms with van der Waals surface area (Å²) in [5.74, 6) is -1.22. The van der Waals surface area contributed by atoms with Crippen molar-refractivity contribution in [2.24, 2.45) is 0 Å². The molecular formula is C28H31ClFN3O5S. The summed E-state index contributed by atoms with van der Waals surface area (Å²) in [5, 5.41) is 3.04. The van der Waals surface area contributed by atoms with E-state index in [1.165, 1.54) is 53.4 Å². The average Bonchev–Trinajstić information content (AvgIpc) is 2.92. The lowest BCUT2D eigenvalue weighted by molar-refractivity contribution is -0.139. The Kier molecular flexibility index (Phi) is 10.3. The largest absolute Gasteiger partial charge is 0.492 e. The van der Waals surface area contributed by atoms with Crippen molar-refractivity contribution in [1.29, 1.82) is 0 Å². The zero-order valence-corrected chi connectivity index (χ0v) is 23.5. The van der Waals surface area contributed by atoms with Crippen LogP contribution in [0.25, 0.3) is 0 Å². The second-order valence-electron chi connectivity index (χ2n) is 8.58. The lowest BCUT2D eigenvalue weighted by Gasteiger charge is -2.32. The van der Waals surface area contributed by atoms with Gasteiger partial charge in [-0.05, 0) is 74.9 Å². The number of ether oxygens (including phenoxy) is 1. The summed E-state index contributed by atoms with van der Waals surface area (Å²) < 4.78 is 47.9. The maximum Gasteiger partial charge on any atom is 0.264 e. The van der Waals surface area contributed by atoms with Crippen LogP contribution in [0, 0.1) is 5.82 Å². The average molecular weight is 576 g/mol. The third kappa shape index (κ3) is 7.48. The van der Waals surface area contributed by atoms with Gasteiger partial charge >= 0.3 is 0 Å². The molecule has 1 atom stereocenters. The molecule has 0 radical (unpaired) electrons. The van der Waals surface area contributed by atoms with Crippen molar-refractivity contribution in [3.8, 4) is 5.75 Å². The number of para-hydroxylation sites is 2. The van der Waals surface area contributed by atoms with Gasteiger partial charge in [-0.25, -0.2) is 12.8 Å². The molecule has 1 N–H and O–H groups in total. The van der Waals surface area contributed by atoms with E-state index < -0.39 is 40.2 Å². The molecular weight excluding hydrogens is 545 g/mol. The highest BCUT2D eigenvalue weighted by Gasteiger charge is 2.33. The molecule has 0 spiro atoms. The molecule has 2 amide bonds. The fourth-order valence-electron chi connectivity index (χ4n) is 3.88. The van der Waals surface area contributed by atoms with Crippen LogP contribution < -0.4 is 14.4 Å². The van der Waals surface area contributed by atoms with Crippen molar-refractivity contribution < 1.29 is 27.1 Å². The molecule has 0 bridgehead atoms. The molecule has 3 rings (SSSR count). The van der Waals surface area contributed by atoms with E-state index in [9.17, 15) is 22.4 Å². The summed E-state index contributed by atoms with van der Waals surface area (Å²) in [7, 11) is -4.28. The Hall–Kier alpha value is -3.63. The van der Waals surface area contributed by atoms with Crippen molar-refractivity contribution >= 4 is 39.1 Å². The first-order chi connectivity index (χ1) is 18.6. The molecule has 208 valence electrons. The van der Waals surface area contributed by atoms with Gasteiger partial charge in [0.2, 0.25) is 11.8 Å². The molecule has 8 nitrogen and oxygen atoms in total. The monoisotopic (exact) mass is 575 g/mol. The van der Waals surface area contributed by atoms with Crippen LogP contribution in [0.3, 0.4) is 0 Å². The van der Waals surface area contributed by atoms with Gasteiger partial charge in [-0.2, -0.15) is 0 Å². The van der Waals surface area contributed by atoms with Gasteiger partial charge in [0.05, 0.1) is 17.2 Å². The van der Waals surface area contributed by atoms with Gasteiger partial charge in [0.15, 0.2) is 0 Å².